The molecule has 0 N–H and O–H groups in total. The number of hydrogen-bond acceptors (Lipinski definition) is 3. The molecule has 0 saturated carbocycles. The molecule has 2 rings (SSSR count). The van der Waals surface area contributed by atoms with Crippen LogP contribution >= 0.6 is 0 Å². The maximum Gasteiger partial charge on any atom is 0.322 e. The van der Waals surface area contributed by atoms with Crippen molar-refractivity contribution in [3.8, 4) is 0 Å². The van der Waals surface area contributed by atoms with Gasteiger partial charge in [-0.25, -0.2) is 0 Å². The van der Waals surface area contributed by atoms with Gasteiger partial charge in [-0.1, -0.05) is 32.9 Å². The first-order valence-electron chi connectivity index (χ1n) is 7.77. The SMILES string of the molecule is CCc1cc(CC)c(C2C(=O)OC(C)(C)C2=O)c(CC)c1. The van der Waals surface area contributed by atoms with Crippen molar-refractivity contribution < 1.29 is 14.3 Å². The third kappa shape index (κ3) is 2.61. The minimum atomic E-state index is -1.01. The Bertz CT molecular complexity index is 559. The summed E-state index contributed by atoms with van der Waals surface area (Å²) in [7, 11) is 0. The van der Waals surface area contributed by atoms with E-state index in [-0.39, 0.29) is 5.78 Å². The van der Waals surface area contributed by atoms with Gasteiger partial charge < -0.3 is 4.74 Å². The molecule has 0 aliphatic carbocycles. The molecule has 1 aliphatic rings. The zero-order chi connectivity index (χ0) is 15.8. The molecule has 21 heavy (non-hydrogen) atoms. The first-order chi connectivity index (χ1) is 9.85. The van der Waals surface area contributed by atoms with Gasteiger partial charge in [0.2, 0.25) is 0 Å². The van der Waals surface area contributed by atoms with Gasteiger partial charge in [0.1, 0.15) is 5.92 Å². The summed E-state index contributed by atoms with van der Waals surface area (Å²) in [5.74, 6) is -1.28. The predicted octanol–water partition coefficient (Wildman–Crippen LogP) is 3.36. The molecule has 1 unspecified atom stereocenters. The number of Topliss-reactive ketones (excluding diaryl/α,β-unsaturated/α-hetero) is 1. The summed E-state index contributed by atoms with van der Waals surface area (Å²) in [5, 5.41) is 0. The van der Waals surface area contributed by atoms with Crippen LogP contribution in [0.4, 0.5) is 0 Å². The van der Waals surface area contributed by atoms with Crippen molar-refractivity contribution in [3.63, 3.8) is 0 Å². The zero-order valence-corrected chi connectivity index (χ0v) is 13.6. The number of rotatable bonds is 4. The van der Waals surface area contributed by atoms with E-state index in [1.54, 1.807) is 13.8 Å². The Hall–Kier alpha value is -1.64. The average Bonchev–Trinajstić information content (AvgIpc) is 2.65. The number of cyclic esters (lactones) is 1. The smallest absolute Gasteiger partial charge is 0.322 e. The molecule has 0 radical (unpaired) electrons. The van der Waals surface area contributed by atoms with Crippen molar-refractivity contribution in [2.45, 2.75) is 65.4 Å². The van der Waals surface area contributed by atoms with Gasteiger partial charge in [0.25, 0.3) is 0 Å². The van der Waals surface area contributed by atoms with Gasteiger partial charge in [0, 0.05) is 0 Å². The number of esters is 1. The van der Waals surface area contributed by atoms with E-state index in [0.717, 1.165) is 36.0 Å². The van der Waals surface area contributed by atoms with Crippen LogP contribution in [0.1, 0.15) is 62.8 Å². The lowest BCUT2D eigenvalue weighted by atomic mass is 9.82. The van der Waals surface area contributed by atoms with E-state index in [1.807, 2.05) is 0 Å². The number of carbonyl (C=O) groups excluding carboxylic acids is 2. The molecule has 0 aromatic heterocycles. The molecular formula is C18H24O3. The molecule has 114 valence electrons. The summed E-state index contributed by atoms with van der Waals surface area (Å²) in [6.07, 6.45) is 2.58. The second-order valence-electron chi connectivity index (χ2n) is 6.12. The summed E-state index contributed by atoms with van der Waals surface area (Å²) in [6.45, 7) is 9.59. The van der Waals surface area contributed by atoms with Crippen molar-refractivity contribution >= 4 is 11.8 Å². The lowest BCUT2D eigenvalue weighted by molar-refractivity contribution is -0.148. The number of aryl methyl sites for hydroxylation is 3. The monoisotopic (exact) mass is 288 g/mol. The molecule has 0 spiro atoms. The molecule has 1 atom stereocenters. The Morgan fingerprint density at radius 3 is 1.86 bits per heavy atom. The van der Waals surface area contributed by atoms with E-state index in [0.29, 0.717) is 0 Å². The second kappa shape index (κ2) is 5.63. The summed E-state index contributed by atoms with van der Waals surface area (Å²) in [5.41, 5.74) is 3.32. The first kappa shape index (κ1) is 15.7. The van der Waals surface area contributed by atoms with E-state index >= 15 is 0 Å². The lowest BCUT2D eigenvalue weighted by Gasteiger charge is -2.18. The molecule has 0 amide bonds. The maximum atomic E-state index is 12.6. The zero-order valence-electron chi connectivity index (χ0n) is 13.6. The van der Waals surface area contributed by atoms with Crippen LogP contribution in [0.2, 0.25) is 0 Å². The highest BCUT2D eigenvalue weighted by Crippen LogP contribution is 2.38. The summed E-state index contributed by atoms with van der Waals surface area (Å²) in [6, 6.07) is 4.25. The van der Waals surface area contributed by atoms with Crippen molar-refractivity contribution in [3.05, 3.63) is 34.4 Å². The fourth-order valence-electron chi connectivity index (χ4n) is 3.08. The molecule has 1 aliphatic heterocycles. The van der Waals surface area contributed by atoms with E-state index in [4.69, 9.17) is 4.74 Å². The molecule has 3 nitrogen and oxygen atoms in total. The van der Waals surface area contributed by atoms with Crippen molar-refractivity contribution in [1.82, 2.24) is 0 Å². The van der Waals surface area contributed by atoms with Crippen molar-refractivity contribution in [2.75, 3.05) is 0 Å². The topological polar surface area (TPSA) is 43.4 Å². The number of ketones is 1. The van der Waals surface area contributed by atoms with E-state index in [1.165, 1.54) is 5.56 Å². The van der Waals surface area contributed by atoms with Crippen molar-refractivity contribution in [2.24, 2.45) is 0 Å². The highest BCUT2D eigenvalue weighted by molar-refractivity contribution is 6.13. The Kier molecular flexibility index (Phi) is 4.22. The predicted molar refractivity (Wildman–Crippen MR) is 82.5 cm³/mol. The Balaban J connectivity index is 2.63. The Morgan fingerprint density at radius 2 is 1.52 bits per heavy atom. The molecular weight excluding hydrogens is 264 g/mol. The van der Waals surface area contributed by atoms with Crippen LogP contribution < -0.4 is 0 Å². The summed E-state index contributed by atoms with van der Waals surface area (Å²) in [4.78, 5) is 24.8. The Morgan fingerprint density at radius 1 is 1.00 bits per heavy atom. The van der Waals surface area contributed by atoms with Gasteiger partial charge in [-0.15, -0.1) is 0 Å². The fraction of sp³-hybridized carbons (Fsp3) is 0.556. The van der Waals surface area contributed by atoms with E-state index < -0.39 is 17.5 Å². The highest BCUT2D eigenvalue weighted by atomic mass is 16.6. The van der Waals surface area contributed by atoms with Crippen LogP contribution in [0.3, 0.4) is 0 Å². The van der Waals surface area contributed by atoms with Crippen LogP contribution in [0.15, 0.2) is 12.1 Å². The highest BCUT2D eigenvalue weighted by Gasteiger charge is 2.50. The fourth-order valence-corrected chi connectivity index (χ4v) is 3.08. The van der Waals surface area contributed by atoms with Crippen LogP contribution in [0, 0.1) is 0 Å². The first-order valence-corrected chi connectivity index (χ1v) is 7.77. The minimum absolute atomic E-state index is 0.124. The number of hydrogen-bond donors (Lipinski definition) is 0. The van der Waals surface area contributed by atoms with Crippen LogP contribution in [-0.2, 0) is 33.6 Å². The molecule has 1 heterocycles. The summed E-state index contributed by atoms with van der Waals surface area (Å²) >= 11 is 0. The lowest BCUT2D eigenvalue weighted by Crippen LogP contribution is -2.29. The Labute approximate surface area is 126 Å². The second-order valence-corrected chi connectivity index (χ2v) is 6.12. The maximum absolute atomic E-state index is 12.6. The third-order valence-corrected chi connectivity index (χ3v) is 4.32. The normalized spacial score (nSPS) is 20.7. The molecule has 1 fully saturated rings. The van der Waals surface area contributed by atoms with Crippen LogP contribution in [-0.4, -0.2) is 17.4 Å². The minimum Gasteiger partial charge on any atom is -0.451 e. The molecule has 1 aromatic rings. The quantitative estimate of drug-likeness (QED) is 0.630. The van der Waals surface area contributed by atoms with Gasteiger partial charge in [0.15, 0.2) is 11.4 Å². The number of benzene rings is 1. The van der Waals surface area contributed by atoms with Gasteiger partial charge in [-0.05, 0) is 55.4 Å². The summed E-state index contributed by atoms with van der Waals surface area (Å²) < 4.78 is 5.30. The largest absolute Gasteiger partial charge is 0.451 e. The molecule has 0 bridgehead atoms. The molecule has 1 saturated heterocycles. The standard InChI is InChI=1S/C18H24O3/c1-6-11-9-12(7-2)14(13(8-3)10-11)15-16(19)18(4,5)21-17(15)20/h9-10,15H,6-8H2,1-5H3. The van der Waals surface area contributed by atoms with Gasteiger partial charge >= 0.3 is 5.97 Å². The van der Waals surface area contributed by atoms with Crippen molar-refractivity contribution in [1.29, 1.82) is 0 Å². The molecule has 3 heteroatoms. The van der Waals surface area contributed by atoms with Gasteiger partial charge in [-0.3, -0.25) is 9.59 Å². The van der Waals surface area contributed by atoms with E-state index in [9.17, 15) is 9.59 Å². The number of carbonyl (C=O) groups is 2. The van der Waals surface area contributed by atoms with Crippen LogP contribution in [0.25, 0.3) is 0 Å². The third-order valence-electron chi connectivity index (χ3n) is 4.32. The molecule has 1 aromatic carbocycles. The van der Waals surface area contributed by atoms with Gasteiger partial charge in [0.05, 0.1) is 0 Å². The van der Waals surface area contributed by atoms with E-state index in [2.05, 4.69) is 32.9 Å². The number of ether oxygens (including phenoxy) is 1. The average molecular weight is 288 g/mol. The van der Waals surface area contributed by atoms with Crippen LogP contribution in [0.5, 0.6) is 0 Å². The van der Waals surface area contributed by atoms with Gasteiger partial charge in [-0.2, -0.15) is 0 Å².